The van der Waals surface area contributed by atoms with Crippen molar-refractivity contribution in [2.24, 2.45) is 0 Å². The Hall–Kier alpha value is -3.02. The van der Waals surface area contributed by atoms with E-state index >= 15 is 0 Å². The van der Waals surface area contributed by atoms with E-state index in [1.165, 1.54) is 0 Å². The number of aromatic amines is 1. The molecule has 0 bridgehead atoms. The second-order valence-electron chi connectivity index (χ2n) is 5.25. The van der Waals surface area contributed by atoms with Gasteiger partial charge in [0.15, 0.2) is 5.58 Å². The van der Waals surface area contributed by atoms with Crippen molar-refractivity contribution < 1.29 is 19.2 Å². The van der Waals surface area contributed by atoms with E-state index in [0.717, 1.165) is 5.56 Å². The van der Waals surface area contributed by atoms with Crippen LogP contribution in [0, 0.1) is 0 Å². The van der Waals surface area contributed by atoms with Crippen LogP contribution in [-0.4, -0.2) is 16.2 Å². The Morgan fingerprint density at radius 2 is 2.09 bits per heavy atom. The van der Waals surface area contributed by atoms with Crippen LogP contribution in [0.1, 0.15) is 24.0 Å². The van der Waals surface area contributed by atoms with Crippen molar-refractivity contribution in [3.05, 3.63) is 63.9 Å². The Morgan fingerprint density at radius 1 is 1.30 bits per heavy atom. The van der Waals surface area contributed by atoms with E-state index in [0.29, 0.717) is 22.3 Å². The Bertz CT molecular complexity index is 908. The first-order valence-corrected chi connectivity index (χ1v) is 7.11. The van der Waals surface area contributed by atoms with E-state index in [9.17, 15) is 9.59 Å². The van der Waals surface area contributed by atoms with Crippen LogP contribution in [0.25, 0.3) is 11.0 Å². The largest absolute Gasteiger partial charge is 0.489 e. The molecule has 118 valence electrons. The number of benzene rings is 2. The Morgan fingerprint density at radius 3 is 2.87 bits per heavy atom. The van der Waals surface area contributed by atoms with E-state index < -0.39 is 11.9 Å². The van der Waals surface area contributed by atoms with Crippen molar-refractivity contribution in [2.75, 3.05) is 0 Å². The standard InChI is InChI=1S/C17H15NO5/c1-10(17(20)21)12-4-2-3-5-14(12)22-9-11-6-7-13-15(8-11)23-18-16(13)19/h2-8,10H,9H2,1H3,(H,18,19)(H,20,21). The summed E-state index contributed by atoms with van der Waals surface area (Å²) in [6.07, 6.45) is 0. The van der Waals surface area contributed by atoms with Crippen LogP contribution < -0.4 is 10.3 Å². The molecule has 2 aromatic carbocycles. The number of aliphatic carboxylic acids is 1. The zero-order valence-corrected chi connectivity index (χ0v) is 12.4. The minimum Gasteiger partial charge on any atom is -0.489 e. The molecule has 23 heavy (non-hydrogen) atoms. The van der Waals surface area contributed by atoms with Gasteiger partial charge in [0.1, 0.15) is 12.4 Å². The Balaban J connectivity index is 1.82. The first-order valence-electron chi connectivity index (χ1n) is 7.11. The van der Waals surface area contributed by atoms with Gasteiger partial charge in [-0.15, -0.1) is 0 Å². The highest BCUT2D eigenvalue weighted by molar-refractivity contribution is 5.77. The molecule has 0 aliphatic heterocycles. The number of carboxylic acids is 1. The smallest absolute Gasteiger partial charge is 0.310 e. The number of carbonyl (C=O) groups is 1. The molecule has 3 rings (SSSR count). The van der Waals surface area contributed by atoms with Crippen LogP contribution in [0.3, 0.4) is 0 Å². The third-order valence-corrected chi connectivity index (χ3v) is 3.69. The van der Waals surface area contributed by atoms with Gasteiger partial charge >= 0.3 is 5.97 Å². The molecule has 0 radical (unpaired) electrons. The molecule has 0 saturated carbocycles. The number of hydrogen-bond acceptors (Lipinski definition) is 4. The second kappa shape index (κ2) is 6.00. The van der Waals surface area contributed by atoms with Crippen molar-refractivity contribution in [1.82, 2.24) is 5.16 Å². The molecule has 3 aromatic rings. The molecule has 0 spiro atoms. The highest BCUT2D eigenvalue weighted by Gasteiger charge is 2.18. The van der Waals surface area contributed by atoms with Gasteiger partial charge < -0.3 is 14.4 Å². The van der Waals surface area contributed by atoms with Gasteiger partial charge in [0.05, 0.1) is 11.3 Å². The molecule has 2 N–H and O–H groups in total. The number of nitrogens with one attached hydrogen (secondary N) is 1. The number of rotatable bonds is 5. The molecule has 1 unspecified atom stereocenters. The lowest BCUT2D eigenvalue weighted by atomic mass is 10.0. The summed E-state index contributed by atoms with van der Waals surface area (Å²) in [7, 11) is 0. The summed E-state index contributed by atoms with van der Waals surface area (Å²) in [5, 5.41) is 11.9. The number of para-hydroxylation sites is 1. The average Bonchev–Trinajstić information content (AvgIpc) is 2.93. The molecular formula is C17H15NO5. The minimum atomic E-state index is -0.906. The third kappa shape index (κ3) is 2.96. The summed E-state index contributed by atoms with van der Waals surface area (Å²) in [6, 6.07) is 12.2. The van der Waals surface area contributed by atoms with Gasteiger partial charge in [-0.2, -0.15) is 5.16 Å². The molecular weight excluding hydrogens is 298 g/mol. The van der Waals surface area contributed by atoms with Crippen LogP contribution >= 0.6 is 0 Å². The summed E-state index contributed by atoms with van der Waals surface area (Å²) in [4.78, 5) is 22.6. The molecule has 0 fully saturated rings. The van der Waals surface area contributed by atoms with Crippen molar-refractivity contribution in [3.8, 4) is 5.75 Å². The quantitative estimate of drug-likeness (QED) is 0.755. The number of hydrogen-bond donors (Lipinski definition) is 2. The highest BCUT2D eigenvalue weighted by atomic mass is 16.5. The van der Waals surface area contributed by atoms with Crippen molar-refractivity contribution in [2.45, 2.75) is 19.4 Å². The molecule has 1 aromatic heterocycles. The predicted octanol–water partition coefficient (Wildman–Crippen LogP) is 2.89. The normalized spacial score (nSPS) is 12.2. The molecule has 1 heterocycles. The summed E-state index contributed by atoms with van der Waals surface area (Å²) in [5.41, 5.74) is 1.63. The predicted molar refractivity (Wildman–Crippen MR) is 83.7 cm³/mol. The highest BCUT2D eigenvalue weighted by Crippen LogP contribution is 2.27. The number of fused-ring (bicyclic) bond motifs is 1. The van der Waals surface area contributed by atoms with Crippen molar-refractivity contribution in [3.63, 3.8) is 0 Å². The molecule has 1 atom stereocenters. The fourth-order valence-corrected chi connectivity index (χ4v) is 2.35. The van der Waals surface area contributed by atoms with Crippen LogP contribution in [-0.2, 0) is 11.4 Å². The lowest BCUT2D eigenvalue weighted by molar-refractivity contribution is -0.138. The summed E-state index contributed by atoms with van der Waals surface area (Å²) in [5.74, 6) is -1.04. The van der Waals surface area contributed by atoms with E-state index in [1.54, 1.807) is 49.4 Å². The molecule has 0 amide bonds. The lowest BCUT2D eigenvalue weighted by Gasteiger charge is -2.14. The molecule has 6 heteroatoms. The number of H-pyrrole nitrogens is 1. The number of ether oxygens (including phenoxy) is 1. The van der Waals surface area contributed by atoms with Gasteiger partial charge in [-0.05, 0) is 30.7 Å². The molecule has 0 aliphatic carbocycles. The van der Waals surface area contributed by atoms with Gasteiger partial charge in [-0.25, -0.2) is 0 Å². The van der Waals surface area contributed by atoms with Crippen LogP contribution in [0.4, 0.5) is 0 Å². The van der Waals surface area contributed by atoms with Crippen LogP contribution in [0.5, 0.6) is 5.75 Å². The number of aromatic nitrogens is 1. The average molecular weight is 313 g/mol. The zero-order chi connectivity index (χ0) is 16.4. The molecule has 0 saturated heterocycles. The summed E-state index contributed by atoms with van der Waals surface area (Å²) < 4.78 is 10.8. The molecule has 6 nitrogen and oxygen atoms in total. The Labute approximate surface area is 131 Å². The maximum absolute atomic E-state index is 11.4. The maximum Gasteiger partial charge on any atom is 0.310 e. The van der Waals surface area contributed by atoms with E-state index in [1.807, 2.05) is 0 Å². The van der Waals surface area contributed by atoms with Gasteiger partial charge in [0.2, 0.25) is 0 Å². The van der Waals surface area contributed by atoms with Crippen molar-refractivity contribution >= 4 is 16.9 Å². The minimum absolute atomic E-state index is 0.244. The van der Waals surface area contributed by atoms with Gasteiger partial charge in [-0.3, -0.25) is 9.59 Å². The van der Waals surface area contributed by atoms with Gasteiger partial charge in [0, 0.05) is 5.56 Å². The molecule has 0 aliphatic rings. The zero-order valence-electron chi connectivity index (χ0n) is 12.4. The topological polar surface area (TPSA) is 92.5 Å². The summed E-state index contributed by atoms with van der Waals surface area (Å²) >= 11 is 0. The van der Waals surface area contributed by atoms with Crippen LogP contribution in [0.15, 0.2) is 51.8 Å². The van der Waals surface area contributed by atoms with Gasteiger partial charge in [-0.1, -0.05) is 24.3 Å². The van der Waals surface area contributed by atoms with E-state index in [-0.39, 0.29) is 12.2 Å². The van der Waals surface area contributed by atoms with Gasteiger partial charge in [0.25, 0.3) is 5.56 Å². The van der Waals surface area contributed by atoms with Crippen LogP contribution in [0.2, 0.25) is 0 Å². The fraction of sp³-hybridized carbons (Fsp3) is 0.176. The monoisotopic (exact) mass is 313 g/mol. The van der Waals surface area contributed by atoms with E-state index in [2.05, 4.69) is 5.16 Å². The fourth-order valence-electron chi connectivity index (χ4n) is 2.35. The maximum atomic E-state index is 11.4. The first-order chi connectivity index (χ1) is 11.1. The first kappa shape index (κ1) is 14.9. The third-order valence-electron chi connectivity index (χ3n) is 3.69. The van der Waals surface area contributed by atoms with E-state index in [4.69, 9.17) is 14.4 Å². The van der Waals surface area contributed by atoms with Crippen molar-refractivity contribution in [1.29, 1.82) is 0 Å². The summed E-state index contributed by atoms with van der Waals surface area (Å²) in [6.45, 7) is 1.86. The lowest BCUT2D eigenvalue weighted by Crippen LogP contribution is -2.09. The second-order valence-corrected chi connectivity index (χ2v) is 5.25. The number of carboxylic acid groups (broad SMARTS) is 1. The Kier molecular flexibility index (Phi) is 3.89. The SMILES string of the molecule is CC(C(=O)O)c1ccccc1OCc1ccc2c(=O)[nH]oc2c1.